The second-order valence-corrected chi connectivity index (χ2v) is 15.8. The molecule has 5 atom stereocenters. The van der Waals surface area contributed by atoms with Crippen molar-refractivity contribution in [3.63, 3.8) is 0 Å². The first kappa shape index (κ1) is 47.7. The number of aromatic hydroxyl groups is 1. The van der Waals surface area contributed by atoms with Gasteiger partial charge >= 0.3 is 0 Å². The maximum absolute atomic E-state index is 14.7. The molecule has 63 heavy (non-hydrogen) atoms. The number of halogens is 1. The number of aliphatic hydroxyl groups excluding tert-OH is 1. The second-order valence-electron chi connectivity index (χ2n) is 15.3. The summed E-state index contributed by atoms with van der Waals surface area (Å²) in [6.45, 7) is 2.59. The van der Waals surface area contributed by atoms with Crippen molar-refractivity contribution in [2.24, 2.45) is 11.5 Å². The lowest BCUT2D eigenvalue weighted by Gasteiger charge is -2.32. The number of Topliss-reactive ketones (excluding diaryl/α,β-unsaturated/α-hetero) is 1. The van der Waals surface area contributed by atoms with E-state index in [1.807, 2.05) is 12.1 Å². The quantitative estimate of drug-likeness (QED) is 0.0760. The Kier molecular flexibility index (Phi) is 16.8. The number of amides is 5. The Morgan fingerprint density at radius 1 is 0.873 bits per heavy atom. The number of rotatable bonds is 16. The highest BCUT2D eigenvalue weighted by molar-refractivity contribution is 6.30. The Labute approximate surface area is 370 Å². The number of hydrogen-bond acceptors (Lipinski definition) is 11. The van der Waals surface area contributed by atoms with Gasteiger partial charge < -0.3 is 52.6 Å². The predicted molar refractivity (Wildman–Crippen MR) is 238 cm³/mol. The van der Waals surface area contributed by atoms with Crippen LogP contribution in [0.4, 0.5) is 0 Å². The predicted octanol–water partition coefficient (Wildman–Crippen LogP) is 2.76. The minimum Gasteiger partial charge on any atom is -0.507 e. The molecule has 4 aromatic rings. The number of likely N-dealkylation sites (N-methyl/N-ethyl adjacent to an activating group) is 1. The standard InChI is InChI=1S/C46H54ClN7O9/c1-26(39(57)25-55)50-44(60)37-23-28-7-17-38(56)34(22-28)35-24-32(14-18-40(35)63-21-20-49)41(45(61)51-27(2)42(58)53-37)54(3)46(62)36(6-4-5-19-48)52-43(59)31-10-8-29(9-11-31)30-12-15-33(47)16-13-30/h7-18,22,24,26-27,36-37,41,55-56H,4-6,19-21,23,25,48-49H2,1-3H3,(H,50,60)(H,51,61)(H,52,59)(H,53,58). The molecule has 1 aliphatic heterocycles. The van der Waals surface area contributed by atoms with E-state index in [9.17, 15) is 39.0 Å². The van der Waals surface area contributed by atoms with Crippen LogP contribution >= 0.6 is 11.6 Å². The molecule has 4 bridgehead atoms. The lowest BCUT2D eigenvalue weighted by Crippen LogP contribution is -2.57. The highest BCUT2D eigenvalue weighted by atomic mass is 35.5. The van der Waals surface area contributed by atoms with Crippen LogP contribution in [0, 0.1) is 0 Å². The number of carbonyl (C=O) groups excluding carboxylic acids is 6. The van der Waals surface area contributed by atoms with Crippen LogP contribution in [0.15, 0.2) is 84.9 Å². The van der Waals surface area contributed by atoms with Crippen LogP contribution in [0.2, 0.25) is 5.02 Å². The van der Waals surface area contributed by atoms with E-state index in [-0.39, 0.29) is 48.6 Å². The average Bonchev–Trinajstić information content (AvgIpc) is 3.27. The van der Waals surface area contributed by atoms with Gasteiger partial charge in [0.05, 0.1) is 6.04 Å². The van der Waals surface area contributed by atoms with Crippen LogP contribution in [0.25, 0.3) is 22.3 Å². The van der Waals surface area contributed by atoms with E-state index >= 15 is 0 Å². The van der Waals surface area contributed by atoms with Gasteiger partial charge in [0.1, 0.15) is 48.9 Å². The zero-order valence-corrected chi connectivity index (χ0v) is 36.1. The van der Waals surface area contributed by atoms with E-state index < -0.39 is 72.1 Å². The summed E-state index contributed by atoms with van der Waals surface area (Å²) < 4.78 is 5.99. The third-order valence-corrected chi connectivity index (χ3v) is 11.0. The number of unbranched alkanes of at least 4 members (excludes halogenated alkanes) is 1. The van der Waals surface area contributed by atoms with Crippen molar-refractivity contribution in [2.75, 3.05) is 33.4 Å². The molecular formula is C46H54ClN7O9. The van der Waals surface area contributed by atoms with Gasteiger partial charge in [-0.25, -0.2) is 0 Å². The van der Waals surface area contributed by atoms with Gasteiger partial charge in [0.15, 0.2) is 5.78 Å². The lowest BCUT2D eigenvalue weighted by molar-refractivity contribution is -0.141. The molecule has 17 heteroatoms. The second kappa shape index (κ2) is 22.2. The summed E-state index contributed by atoms with van der Waals surface area (Å²) in [4.78, 5) is 83.6. The summed E-state index contributed by atoms with van der Waals surface area (Å²) in [5.41, 5.74) is 14.9. The topological polar surface area (TPSA) is 256 Å². The Bertz CT molecular complexity index is 2290. The molecule has 16 nitrogen and oxygen atoms in total. The van der Waals surface area contributed by atoms with Crippen LogP contribution in [-0.2, 0) is 30.4 Å². The van der Waals surface area contributed by atoms with Gasteiger partial charge in [-0.1, -0.05) is 48.0 Å². The molecule has 0 fully saturated rings. The van der Waals surface area contributed by atoms with Crippen molar-refractivity contribution in [1.29, 1.82) is 0 Å². The average molecular weight is 884 g/mol. The van der Waals surface area contributed by atoms with E-state index in [1.165, 1.54) is 31.9 Å². The normalized spacial score (nSPS) is 17.2. The van der Waals surface area contributed by atoms with Crippen molar-refractivity contribution in [2.45, 2.75) is 69.7 Å². The van der Waals surface area contributed by atoms with Crippen molar-refractivity contribution in [1.82, 2.24) is 26.2 Å². The number of benzene rings is 4. The van der Waals surface area contributed by atoms with E-state index in [0.717, 1.165) is 11.1 Å². The highest BCUT2D eigenvalue weighted by Gasteiger charge is 2.36. The number of carbonyl (C=O) groups is 6. The molecule has 5 amide bonds. The van der Waals surface area contributed by atoms with Gasteiger partial charge in [-0.2, -0.15) is 0 Å². The van der Waals surface area contributed by atoms with Crippen LogP contribution < -0.4 is 37.5 Å². The lowest BCUT2D eigenvalue weighted by atomic mass is 9.93. The summed E-state index contributed by atoms with van der Waals surface area (Å²) in [7, 11) is 1.41. The number of phenols is 1. The SMILES string of the molecule is CC(NC(=O)C1Cc2ccc(O)c(c2)-c2cc(ccc2OCCN)C(N(C)C(=O)C(CCCCN)NC(=O)c2ccc(-c3ccc(Cl)cc3)cc2)C(=O)NC(C)C(=O)N1)C(=O)CO. The fourth-order valence-electron chi connectivity index (χ4n) is 7.15. The maximum Gasteiger partial charge on any atom is 0.251 e. The largest absolute Gasteiger partial charge is 0.507 e. The molecule has 334 valence electrons. The first-order chi connectivity index (χ1) is 30.1. The Morgan fingerprint density at radius 3 is 2.21 bits per heavy atom. The molecule has 0 aromatic heterocycles. The molecule has 10 N–H and O–H groups in total. The van der Waals surface area contributed by atoms with Crippen molar-refractivity contribution < 1.29 is 43.7 Å². The van der Waals surface area contributed by atoms with E-state index in [4.69, 9.17) is 27.8 Å². The number of nitrogens with two attached hydrogens (primary N) is 2. The van der Waals surface area contributed by atoms with Gasteiger partial charge in [0, 0.05) is 41.7 Å². The molecule has 0 aliphatic carbocycles. The summed E-state index contributed by atoms with van der Waals surface area (Å²) in [6, 6.07) is 17.3. The summed E-state index contributed by atoms with van der Waals surface area (Å²) >= 11 is 6.05. The molecule has 4 aromatic carbocycles. The minimum atomic E-state index is -1.42. The number of nitrogens with zero attached hydrogens (tertiary/aromatic N) is 1. The minimum absolute atomic E-state index is 0.0969. The third kappa shape index (κ3) is 12.2. The van der Waals surface area contributed by atoms with Gasteiger partial charge in [-0.3, -0.25) is 28.8 Å². The molecule has 1 aliphatic rings. The number of nitrogens with one attached hydrogen (secondary N) is 4. The van der Waals surface area contributed by atoms with Crippen molar-refractivity contribution in [3.8, 4) is 33.8 Å². The molecule has 1 heterocycles. The van der Waals surface area contributed by atoms with Gasteiger partial charge in [0.2, 0.25) is 23.6 Å². The molecule has 0 radical (unpaired) electrons. The number of phenolic OH excluding ortho intramolecular Hbond substituents is 1. The zero-order chi connectivity index (χ0) is 45.8. The van der Waals surface area contributed by atoms with E-state index in [2.05, 4.69) is 21.3 Å². The number of hydrogen-bond donors (Lipinski definition) is 8. The highest BCUT2D eigenvalue weighted by Crippen LogP contribution is 2.39. The fourth-order valence-corrected chi connectivity index (χ4v) is 7.28. The van der Waals surface area contributed by atoms with E-state index in [0.29, 0.717) is 41.1 Å². The number of ether oxygens (including phenoxy) is 1. The van der Waals surface area contributed by atoms with Crippen LogP contribution in [0.1, 0.15) is 60.6 Å². The van der Waals surface area contributed by atoms with E-state index in [1.54, 1.807) is 66.7 Å². The van der Waals surface area contributed by atoms with Crippen LogP contribution in [-0.4, -0.2) is 108 Å². The Balaban J connectivity index is 1.54. The zero-order valence-electron chi connectivity index (χ0n) is 35.4. The first-order valence-corrected chi connectivity index (χ1v) is 21.0. The molecular weight excluding hydrogens is 830 g/mol. The van der Waals surface area contributed by atoms with Gasteiger partial charge in [-0.15, -0.1) is 0 Å². The Morgan fingerprint density at radius 2 is 1.56 bits per heavy atom. The van der Waals surface area contributed by atoms with Crippen molar-refractivity contribution in [3.05, 3.63) is 107 Å². The smallest absolute Gasteiger partial charge is 0.251 e. The Hall–Kier alpha value is -6.33. The molecule has 0 spiro atoms. The van der Waals surface area contributed by atoms with Crippen LogP contribution in [0.3, 0.4) is 0 Å². The summed E-state index contributed by atoms with van der Waals surface area (Å²) in [5, 5.41) is 31.9. The maximum atomic E-state index is 14.7. The molecule has 0 saturated heterocycles. The fraction of sp³-hybridized carbons (Fsp3) is 0.348. The van der Waals surface area contributed by atoms with Gasteiger partial charge in [-0.05, 0) is 110 Å². The van der Waals surface area contributed by atoms with Crippen LogP contribution in [0.5, 0.6) is 11.5 Å². The first-order valence-electron chi connectivity index (χ1n) is 20.6. The molecule has 5 rings (SSSR count). The summed E-state index contributed by atoms with van der Waals surface area (Å²) in [6.07, 6.45) is 1.11. The number of fused-ring (bicyclic) bond motifs is 5. The van der Waals surface area contributed by atoms with Gasteiger partial charge in [0.25, 0.3) is 5.91 Å². The third-order valence-electron chi connectivity index (χ3n) is 10.7. The number of aliphatic hydroxyl groups is 1. The van der Waals surface area contributed by atoms with Crippen molar-refractivity contribution >= 4 is 46.9 Å². The number of ketones is 1. The molecule has 0 saturated carbocycles. The molecule has 5 unspecified atom stereocenters. The summed E-state index contributed by atoms with van der Waals surface area (Å²) in [5.74, 6) is -3.96. The monoisotopic (exact) mass is 883 g/mol.